The zero-order valence-electron chi connectivity index (χ0n) is 18.6. The minimum atomic E-state index is -0.0294. The van der Waals surface area contributed by atoms with Crippen LogP contribution in [0.15, 0.2) is 12.3 Å². The second kappa shape index (κ2) is 8.03. The van der Waals surface area contributed by atoms with Crippen molar-refractivity contribution < 1.29 is 9.53 Å². The Bertz CT molecular complexity index is 696. The second-order valence-electron chi connectivity index (χ2n) is 11.0. The molecule has 3 fully saturated rings. The summed E-state index contributed by atoms with van der Waals surface area (Å²) in [6.07, 6.45) is 8.71. The van der Waals surface area contributed by atoms with Crippen LogP contribution in [0, 0.1) is 16.7 Å². The van der Waals surface area contributed by atoms with E-state index in [9.17, 15) is 4.79 Å². The Morgan fingerprint density at radius 1 is 1.10 bits per heavy atom. The van der Waals surface area contributed by atoms with E-state index in [-0.39, 0.29) is 11.8 Å². The number of anilines is 1. The lowest BCUT2D eigenvalue weighted by atomic mass is 9.63. The van der Waals surface area contributed by atoms with Gasteiger partial charge in [0.25, 0.3) is 0 Å². The maximum Gasteiger partial charge on any atom is 0.231 e. The van der Waals surface area contributed by atoms with Gasteiger partial charge in [-0.05, 0) is 49.4 Å². The minimum absolute atomic E-state index is 0.0294. The van der Waals surface area contributed by atoms with Crippen LogP contribution in [-0.2, 0) is 9.53 Å². The van der Waals surface area contributed by atoms with Crippen molar-refractivity contribution in [3.05, 3.63) is 12.3 Å². The minimum Gasteiger partial charge on any atom is -0.381 e. The molecule has 0 spiro atoms. The highest BCUT2D eigenvalue weighted by molar-refractivity contribution is 5.92. The molecule has 3 aliphatic rings. The molecule has 0 bridgehead atoms. The number of nitrogens with one attached hydrogen (secondary N) is 1. The first-order valence-corrected chi connectivity index (χ1v) is 11.4. The molecule has 1 saturated carbocycles. The van der Waals surface area contributed by atoms with Gasteiger partial charge in [-0.25, -0.2) is 4.68 Å². The molecule has 2 aliphatic heterocycles. The number of nitrogens with zero attached hydrogens (tertiary/aromatic N) is 3. The molecular weight excluding hydrogens is 364 g/mol. The van der Waals surface area contributed by atoms with Crippen LogP contribution in [0.2, 0.25) is 0 Å². The Hall–Kier alpha value is -1.40. The van der Waals surface area contributed by atoms with Gasteiger partial charge in [0.1, 0.15) is 5.82 Å². The Labute approximate surface area is 175 Å². The summed E-state index contributed by atoms with van der Waals surface area (Å²) in [5.41, 5.74) is 0.847. The summed E-state index contributed by atoms with van der Waals surface area (Å²) in [7, 11) is 0. The number of carbonyl (C=O) groups excluding carboxylic acids is 1. The van der Waals surface area contributed by atoms with Crippen molar-refractivity contribution >= 4 is 11.7 Å². The quantitative estimate of drug-likeness (QED) is 0.824. The third kappa shape index (κ3) is 4.85. The van der Waals surface area contributed by atoms with Crippen molar-refractivity contribution in [2.24, 2.45) is 16.7 Å². The molecule has 1 N–H and O–H groups in total. The van der Waals surface area contributed by atoms with Crippen molar-refractivity contribution in [1.82, 2.24) is 14.7 Å². The van der Waals surface area contributed by atoms with Crippen molar-refractivity contribution in [2.75, 3.05) is 31.6 Å². The van der Waals surface area contributed by atoms with E-state index in [4.69, 9.17) is 4.74 Å². The Kier molecular flexibility index (Phi) is 5.77. The molecule has 1 aromatic rings. The van der Waals surface area contributed by atoms with E-state index in [1.54, 1.807) is 6.20 Å². The van der Waals surface area contributed by atoms with E-state index in [0.29, 0.717) is 36.1 Å². The average molecular weight is 403 g/mol. The molecule has 2 saturated heterocycles. The largest absolute Gasteiger partial charge is 0.381 e. The van der Waals surface area contributed by atoms with Gasteiger partial charge in [0.05, 0.1) is 24.8 Å². The molecule has 162 valence electrons. The molecule has 1 aliphatic carbocycles. The van der Waals surface area contributed by atoms with Crippen LogP contribution in [0.3, 0.4) is 0 Å². The molecule has 0 unspecified atom stereocenters. The smallest absolute Gasteiger partial charge is 0.231 e. The molecule has 29 heavy (non-hydrogen) atoms. The SMILES string of the molecule is CC1(C)CC(N2CCC(n3nccc3NC(=O)[C@@H]3CCOC3)CC2)CC(C)(C)C1. The fraction of sp³-hybridized carbons (Fsp3) is 0.826. The molecule has 1 atom stereocenters. The van der Waals surface area contributed by atoms with Gasteiger partial charge < -0.3 is 15.0 Å². The number of hydrogen-bond acceptors (Lipinski definition) is 4. The van der Waals surface area contributed by atoms with Crippen LogP contribution in [-0.4, -0.2) is 52.9 Å². The monoisotopic (exact) mass is 402 g/mol. The summed E-state index contributed by atoms with van der Waals surface area (Å²) in [5.74, 6) is 0.867. The summed E-state index contributed by atoms with van der Waals surface area (Å²) in [6.45, 7) is 13.2. The zero-order chi connectivity index (χ0) is 20.6. The van der Waals surface area contributed by atoms with E-state index >= 15 is 0 Å². The second-order valence-corrected chi connectivity index (χ2v) is 11.0. The number of hydrogen-bond donors (Lipinski definition) is 1. The number of carbonyl (C=O) groups is 1. The van der Waals surface area contributed by atoms with Crippen LogP contribution in [0.4, 0.5) is 5.82 Å². The van der Waals surface area contributed by atoms with Gasteiger partial charge >= 0.3 is 0 Å². The third-order valence-corrected chi connectivity index (χ3v) is 7.12. The Morgan fingerprint density at radius 3 is 2.41 bits per heavy atom. The van der Waals surface area contributed by atoms with Crippen LogP contribution in [0.5, 0.6) is 0 Å². The van der Waals surface area contributed by atoms with Crippen LogP contribution in [0.25, 0.3) is 0 Å². The molecule has 6 nitrogen and oxygen atoms in total. The number of ether oxygens (including phenoxy) is 1. The van der Waals surface area contributed by atoms with Gasteiger partial charge in [0, 0.05) is 31.8 Å². The van der Waals surface area contributed by atoms with Gasteiger partial charge in [-0.15, -0.1) is 0 Å². The van der Waals surface area contributed by atoms with E-state index < -0.39 is 0 Å². The van der Waals surface area contributed by atoms with Crippen molar-refractivity contribution in [1.29, 1.82) is 0 Å². The standard InChI is InChI=1S/C23H38N4O2/c1-22(2)13-19(14-23(3,4)16-22)26-10-6-18(7-11-26)27-20(5-9-24-27)25-21(28)17-8-12-29-15-17/h5,9,17-19H,6-8,10-16H2,1-4H3,(H,25,28)/t17-/m1/s1. The topological polar surface area (TPSA) is 59.4 Å². The van der Waals surface area contributed by atoms with Crippen molar-refractivity contribution in [2.45, 2.75) is 78.3 Å². The maximum atomic E-state index is 12.5. The van der Waals surface area contributed by atoms with E-state index in [2.05, 4.69) is 43.0 Å². The van der Waals surface area contributed by atoms with Gasteiger partial charge in [-0.3, -0.25) is 4.79 Å². The van der Waals surface area contributed by atoms with Crippen molar-refractivity contribution in [3.63, 3.8) is 0 Å². The molecule has 0 aromatic carbocycles. The molecule has 6 heteroatoms. The highest BCUT2D eigenvalue weighted by Crippen LogP contribution is 2.47. The summed E-state index contributed by atoms with van der Waals surface area (Å²) >= 11 is 0. The summed E-state index contributed by atoms with van der Waals surface area (Å²) in [6, 6.07) is 2.97. The number of piperidine rings is 1. The van der Waals surface area contributed by atoms with Gasteiger partial charge in [0.2, 0.25) is 5.91 Å². The predicted molar refractivity (Wildman–Crippen MR) is 115 cm³/mol. The fourth-order valence-electron chi connectivity index (χ4n) is 6.22. The van der Waals surface area contributed by atoms with Crippen LogP contribution >= 0.6 is 0 Å². The lowest BCUT2D eigenvalue weighted by molar-refractivity contribution is -0.119. The number of aromatic nitrogens is 2. The van der Waals surface area contributed by atoms with Crippen molar-refractivity contribution in [3.8, 4) is 0 Å². The first kappa shape index (κ1) is 20.9. The highest BCUT2D eigenvalue weighted by Gasteiger charge is 2.41. The van der Waals surface area contributed by atoms with E-state index in [1.165, 1.54) is 19.3 Å². The Balaban J connectivity index is 1.35. The lowest BCUT2D eigenvalue weighted by Gasteiger charge is -2.50. The molecule has 4 rings (SSSR count). The first-order valence-electron chi connectivity index (χ1n) is 11.4. The zero-order valence-corrected chi connectivity index (χ0v) is 18.6. The number of rotatable bonds is 4. The summed E-state index contributed by atoms with van der Waals surface area (Å²) in [4.78, 5) is 15.2. The molecule has 1 amide bonds. The van der Waals surface area contributed by atoms with Gasteiger partial charge in [-0.2, -0.15) is 5.10 Å². The molecule has 1 aromatic heterocycles. The number of amides is 1. The molecular formula is C23H38N4O2. The normalized spacial score (nSPS) is 28.5. The molecule has 0 radical (unpaired) electrons. The highest BCUT2D eigenvalue weighted by atomic mass is 16.5. The summed E-state index contributed by atoms with van der Waals surface area (Å²) in [5, 5.41) is 7.65. The predicted octanol–water partition coefficient (Wildman–Crippen LogP) is 4.10. The molecule has 3 heterocycles. The van der Waals surface area contributed by atoms with Crippen LogP contribution in [0.1, 0.15) is 72.3 Å². The van der Waals surface area contributed by atoms with Gasteiger partial charge in [0.15, 0.2) is 0 Å². The Morgan fingerprint density at radius 2 is 1.79 bits per heavy atom. The fourth-order valence-corrected chi connectivity index (χ4v) is 6.22. The van der Waals surface area contributed by atoms with Crippen LogP contribution < -0.4 is 5.32 Å². The lowest BCUT2D eigenvalue weighted by Crippen LogP contribution is -2.49. The third-order valence-electron chi connectivity index (χ3n) is 7.12. The van der Waals surface area contributed by atoms with E-state index in [0.717, 1.165) is 38.2 Å². The maximum absolute atomic E-state index is 12.5. The van der Waals surface area contributed by atoms with E-state index in [1.807, 2.05) is 10.7 Å². The number of likely N-dealkylation sites (tertiary alicyclic amines) is 1. The first-order chi connectivity index (χ1) is 13.7. The van der Waals surface area contributed by atoms with Gasteiger partial charge in [-0.1, -0.05) is 27.7 Å². The summed E-state index contributed by atoms with van der Waals surface area (Å²) < 4.78 is 7.40. The average Bonchev–Trinajstić information content (AvgIpc) is 3.31.